The molecule has 0 amide bonds. The third kappa shape index (κ3) is 9.74. The van der Waals surface area contributed by atoms with Crippen molar-refractivity contribution in [2.75, 3.05) is 14.2 Å². The largest absolute Gasteiger partial charge is 0.346 e. The van der Waals surface area contributed by atoms with Crippen molar-refractivity contribution >= 4 is 7.60 Å². The van der Waals surface area contributed by atoms with E-state index in [1.807, 2.05) is 36.4 Å². The van der Waals surface area contributed by atoms with Crippen LogP contribution in [-0.2, 0) is 13.6 Å². The summed E-state index contributed by atoms with van der Waals surface area (Å²) in [6.07, 6.45) is 13.5. The van der Waals surface area contributed by atoms with E-state index in [0.29, 0.717) is 0 Å². The minimum absolute atomic E-state index is 0.0841. The first-order valence-electron chi connectivity index (χ1n) is 12.7. The molecule has 1 unspecified atom stereocenters. The molecule has 2 aromatic carbocycles. The van der Waals surface area contributed by atoms with Gasteiger partial charge >= 0.3 is 7.60 Å². The lowest BCUT2D eigenvalue weighted by molar-refractivity contribution is 0.253. The van der Waals surface area contributed by atoms with Gasteiger partial charge in [0.25, 0.3) is 0 Å². The normalized spacial score (nSPS) is 12.8. The standard InChI is InChI=1S/C28H44NO3P/c1-4-5-6-7-8-9-10-11-12-19-24-27(33(30,31-2)32-3)29-28(25-20-15-13-16-21-25)26-22-17-14-18-23-26/h13-18,20-23,27-29H,4-12,19,24H2,1-3H3. The Labute approximate surface area is 202 Å². The zero-order valence-electron chi connectivity index (χ0n) is 20.9. The first kappa shape index (κ1) is 27.8. The van der Waals surface area contributed by atoms with E-state index in [-0.39, 0.29) is 11.8 Å². The van der Waals surface area contributed by atoms with E-state index in [9.17, 15) is 4.57 Å². The third-order valence-corrected chi connectivity index (χ3v) is 8.54. The highest BCUT2D eigenvalue weighted by Crippen LogP contribution is 2.53. The van der Waals surface area contributed by atoms with Crippen molar-refractivity contribution < 1.29 is 13.6 Å². The fourth-order valence-electron chi connectivity index (χ4n) is 4.36. The van der Waals surface area contributed by atoms with Crippen LogP contribution >= 0.6 is 7.60 Å². The Morgan fingerprint density at radius 1 is 0.697 bits per heavy atom. The molecule has 0 aliphatic carbocycles. The van der Waals surface area contributed by atoms with Gasteiger partial charge in [-0.3, -0.25) is 9.88 Å². The van der Waals surface area contributed by atoms with Crippen LogP contribution in [0.5, 0.6) is 0 Å². The Hall–Kier alpha value is -1.45. The summed E-state index contributed by atoms with van der Waals surface area (Å²) in [5, 5.41) is 3.65. The summed E-state index contributed by atoms with van der Waals surface area (Å²) in [7, 11) is -0.307. The molecule has 184 valence electrons. The number of rotatable bonds is 18. The highest BCUT2D eigenvalue weighted by molar-refractivity contribution is 7.54. The van der Waals surface area contributed by atoms with Crippen LogP contribution in [0.1, 0.15) is 94.7 Å². The van der Waals surface area contributed by atoms with E-state index < -0.39 is 7.60 Å². The predicted octanol–water partition coefficient (Wildman–Crippen LogP) is 8.49. The summed E-state index contributed by atoms with van der Waals surface area (Å²) in [5.74, 6) is -0.369. The van der Waals surface area contributed by atoms with Crippen LogP contribution < -0.4 is 5.32 Å². The predicted molar refractivity (Wildman–Crippen MR) is 140 cm³/mol. The maximum atomic E-state index is 13.4. The minimum atomic E-state index is -3.27. The van der Waals surface area contributed by atoms with Crippen molar-refractivity contribution in [3.8, 4) is 0 Å². The number of hydrogen-bond acceptors (Lipinski definition) is 4. The Bertz CT molecular complexity index is 737. The molecule has 1 N–H and O–H groups in total. The lowest BCUT2D eigenvalue weighted by Gasteiger charge is -2.30. The van der Waals surface area contributed by atoms with Crippen molar-refractivity contribution in [2.24, 2.45) is 0 Å². The molecule has 0 spiro atoms. The van der Waals surface area contributed by atoms with Crippen LogP contribution in [0, 0.1) is 0 Å². The molecule has 0 aliphatic heterocycles. The molecule has 0 aliphatic rings. The van der Waals surface area contributed by atoms with Gasteiger partial charge in [0, 0.05) is 14.2 Å². The summed E-state index contributed by atoms with van der Waals surface area (Å²) < 4.78 is 24.3. The molecule has 0 aromatic heterocycles. The molecule has 0 saturated heterocycles. The second kappa shape index (κ2) is 16.2. The maximum absolute atomic E-state index is 13.4. The Balaban J connectivity index is 1.98. The van der Waals surface area contributed by atoms with E-state index in [0.717, 1.165) is 30.4 Å². The van der Waals surface area contributed by atoms with Crippen LogP contribution in [0.4, 0.5) is 0 Å². The smallest absolute Gasteiger partial charge is 0.311 e. The van der Waals surface area contributed by atoms with E-state index in [2.05, 4.69) is 36.5 Å². The van der Waals surface area contributed by atoms with Gasteiger partial charge in [-0.1, -0.05) is 132 Å². The molecule has 0 fully saturated rings. The molecule has 33 heavy (non-hydrogen) atoms. The summed E-state index contributed by atoms with van der Waals surface area (Å²) in [5.41, 5.74) is 2.27. The van der Waals surface area contributed by atoms with E-state index in [1.54, 1.807) is 0 Å². The van der Waals surface area contributed by atoms with E-state index in [1.165, 1.54) is 65.6 Å². The van der Waals surface area contributed by atoms with Gasteiger partial charge in [0.1, 0.15) is 5.78 Å². The highest BCUT2D eigenvalue weighted by Gasteiger charge is 2.35. The molecule has 0 radical (unpaired) electrons. The molecule has 0 bridgehead atoms. The lowest BCUT2D eigenvalue weighted by Crippen LogP contribution is -2.34. The summed E-state index contributed by atoms with van der Waals surface area (Å²) >= 11 is 0. The zero-order chi connectivity index (χ0) is 23.8. The fraction of sp³-hybridized carbons (Fsp3) is 0.571. The Morgan fingerprint density at radius 2 is 1.12 bits per heavy atom. The van der Waals surface area contributed by atoms with Gasteiger partial charge in [0.2, 0.25) is 0 Å². The van der Waals surface area contributed by atoms with Crippen LogP contribution in [-0.4, -0.2) is 20.0 Å². The molecule has 1 atom stereocenters. The van der Waals surface area contributed by atoms with Crippen molar-refractivity contribution in [1.29, 1.82) is 0 Å². The van der Waals surface area contributed by atoms with Gasteiger partial charge in [-0.05, 0) is 17.5 Å². The molecule has 2 aromatic rings. The minimum Gasteiger partial charge on any atom is -0.311 e. The van der Waals surface area contributed by atoms with Crippen molar-refractivity contribution in [3.05, 3.63) is 71.8 Å². The molecular formula is C28H44NO3P. The first-order chi connectivity index (χ1) is 16.1. The first-order valence-corrected chi connectivity index (χ1v) is 14.3. The van der Waals surface area contributed by atoms with Crippen molar-refractivity contribution in [2.45, 2.75) is 89.4 Å². The zero-order valence-corrected chi connectivity index (χ0v) is 21.8. The highest BCUT2D eigenvalue weighted by atomic mass is 31.2. The lowest BCUT2D eigenvalue weighted by atomic mass is 9.98. The van der Waals surface area contributed by atoms with Gasteiger partial charge in [-0.2, -0.15) is 0 Å². The quantitative estimate of drug-likeness (QED) is 0.174. The number of unbranched alkanes of at least 4 members (excludes halogenated alkanes) is 9. The van der Waals surface area contributed by atoms with Gasteiger partial charge in [-0.25, -0.2) is 0 Å². The van der Waals surface area contributed by atoms with Gasteiger partial charge in [0.05, 0.1) is 6.04 Å². The Morgan fingerprint density at radius 3 is 1.55 bits per heavy atom. The molecule has 2 rings (SSSR count). The van der Waals surface area contributed by atoms with E-state index in [4.69, 9.17) is 9.05 Å². The molecule has 4 nitrogen and oxygen atoms in total. The molecule has 0 heterocycles. The second-order valence-corrected chi connectivity index (χ2v) is 11.2. The maximum Gasteiger partial charge on any atom is 0.346 e. The molecular weight excluding hydrogens is 429 g/mol. The SMILES string of the molecule is CCCCCCCCCCCCC(NC(c1ccccc1)c1ccccc1)P(=O)(OC)OC. The number of hydrogen-bond donors (Lipinski definition) is 1. The molecule has 5 heteroatoms. The summed E-state index contributed by atoms with van der Waals surface area (Å²) in [6, 6.07) is 20.5. The van der Waals surface area contributed by atoms with Gasteiger partial charge < -0.3 is 9.05 Å². The average molecular weight is 474 g/mol. The second-order valence-electron chi connectivity index (χ2n) is 8.81. The summed E-state index contributed by atoms with van der Waals surface area (Å²) in [4.78, 5) is 0. The average Bonchev–Trinajstić information content (AvgIpc) is 2.87. The van der Waals surface area contributed by atoms with Gasteiger partial charge in [-0.15, -0.1) is 0 Å². The Kier molecular flexibility index (Phi) is 13.7. The van der Waals surface area contributed by atoms with Crippen molar-refractivity contribution in [3.63, 3.8) is 0 Å². The van der Waals surface area contributed by atoms with Crippen molar-refractivity contribution in [1.82, 2.24) is 5.32 Å². The topological polar surface area (TPSA) is 47.6 Å². The summed E-state index contributed by atoms with van der Waals surface area (Å²) in [6.45, 7) is 2.26. The third-order valence-electron chi connectivity index (χ3n) is 6.35. The van der Waals surface area contributed by atoms with Crippen LogP contribution in [0.15, 0.2) is 60.7 Å². The van der Waals surface area contributed by atoms with Crippen LogP contribution in [0.25, 0.3) is 0 Å². The number of nitrogens with one attached hydrogen (secondary N) is 1. The van der Waals surface area contributed by atoms with Crippen LogP contribution in [0.3, 0.4) is 0 Å². The number of benzene rings is 2. The fourth-order valence-corrected chi connectivity index (χ4v) is 5.84. The van der Waals surface area contributed by atoms with Crippen LogP contribution in [0.2, 0.25) is 0 Å². The van der Waals surface area contributed by atoms with Gasteiger partial charge in [0.15, 0.2) is 0 Å². The molecule has 0 saturated carbocycles. The van der Waals surface area contributed by atoms with E-state index >= 15 is 0 Å². The monoisotopic (exact) mass is 473 g/mol.